The highest BCUT2D eigenvalue weighted by molar-refractivity contribution is 9.09. The van der Waals surface area contributed by atoms with Gasteiger partial charge in [-0.05, 0) is 32.6 Å². The van der Waals surface area contributed by atoms with Crippen LogP contribution in [0.15, 0.2) is 0 Å². The van der Waals surface area contributed by atoms with E-state index in [0.29, 0.717) is 12.8 Å². The molecule has 3 heterocycles. The number of ether oxygens (including phenoxy) is 2. The van der Waals surface area contributed by atoms with E-state index >= 15 is 0 Å². The first kappa shape index (κ1) is 22.0. The molecule has 8 nitrogen and oxygen atoms in total. The number of hydrogen-bond donors (Lipinski definition) is 2. The highest BCUT2D eigenvalue weighted by atomic mass is 79.9. The van der Waals surface area contributed by atoms with E-state index < -0.39 is 35.6 Å². The topological polar surface area (TPSA) is 105 Å². The van der Waals surface area contributed by atoms with Crippen LogP contribution in [0.4, 0.5) is 0 Å². The molecule has 4 rings (SSSR count). The number of rotatable bonds is 7. The highest BCUT2D eigenvalue weighted by Crippen LogP contribution is 2.60. The van der Waals surface area contributed by atoms with Gasteiger partial charge < -0.3 is 24.8 Å². The molecule has 2 N–H and O–H groups in total. The Bertz CT molecular complexity index is 699. The molecule has 168 valence electrons. The summed E-state index contributed by atoms with van der Waals surface area (Å²) in [6.07, 6.45) is 5.61. The molecule has 3 aliphatic heterocycles. The second-order valence-electron chi connectivity index (χ2n) is 8.87. The molecule has 3 saturated heterocycles. The lowest BCUT2D eigenvalue weighted by atomic mass is 9.70. The molecule has 1 saturated carbocycles. The summed E-state index contributed by atoms with van der Waals surface area (Å²) < 4.78 is 11.6. The van der Waals surface area contributed by atoms with Gasteiger partial charge in [0.1, 0.15) is 11.6 Å². The maximum Gasteiger partial charge on any atom is 0.312 e. The van der Waals surface area contributed by atoms with Crippen molar-refractivity contribution in [3.8, 4) is 0 Å². The predicted octanol–water partition coefficient (Wildman–Crippen LogP) is 1.13. The normalized spacial score (nSPS) is 38.0. The summed E-state index contributed by atoms with van der Waals surface area (Å²) in [6.45, 7) is 2.14. The lowest BCUT2D eigenvalue weighted by Gasteiger charge is -2.35. The Kier molecular flexibility index (Phi) is 6.42. The Balaban J connectivity index is 1.65. The van der Waals surface area contributed by atoms with Crippen molar-refractivity contribution in [2.45, 2.75) is 80.5 Å². The van der Waals surface area contributed by atoms with Gasteiger partial charge in [0, 0.05) is 24.0 Å². The van der Waals surface area contributed by atoms with Gasteiger partial charge in [0.25, 0.3) is 0 Å². The number of aliphatic hydroxyl groups is 1. The smallest absolute Gasteiger partial charge is 0.312 e. The third-order valence-electron chi connectivity index (χ3n) is 7.10. The predicted molar refractivity (Wildman–Crippen MR) is 111 cm³/mol. The van der Waals surface area contributed by atoms with E-state index in [1.165, 1.54) is 11.3 Å². The average molecular weight is 487 g/mol. The SMILES string of the molecule is CCOC(=O)[C@H]1[C@@H]2OC3(CC2Br)C(C(=O)NC2CCCCC2)N(CCCO)C(=O)[C@H]13. The van der Waals surface area contributed by atoms with Gasteiger partial charge in [-0.2, -0.15) is 0 Å². The van der Waals surface area contributed by atoms with Crippen LogP contribution in [0.5, 0.6) is 0 Å². The van der Waals surface area contributed by atoms with Crippen LogP contribution in [0.25, 0.3) is 0 Å². The standard InChI is InChI=1S/C21H31BrN2O6/c1-2-29-20(28)14-15-19(27)24(9-6-10-25)17(21(15)11-13(22)16(14)30-21)18(26)23-12-7-4-3-5-8-12/h12-17,25H,2-11H2,1H3,(H,23,26)/t13?,14-,15+,16-,17?,21?/m1/s1. The summed E-state index contributed by atoms with van der Waals surface area (Å²) in [6, 6.07) is -0.691. The number of alkyl halides is 1. The van der Waals surface area contributed by atoms with E-state index in [2.05, 4.69) is 21.2 Å². The molecule has 3 unspecified atom stereocenters. The van der Waals surface area contributed by atoms with Gasteiger partial charge in [-0.3, -0.25) is 14.4 Å². The fourth-order valence-electron chi connectivity index (χ4n) is 5.95. The second kappa shape index (κ2) is 8.74. The summed E-state index contributed by atoms with van der Waals surface area (Å²) in [5.74, 6) is -2.34. The molecular formula is C21H31BrN2O6. The van der Waals surface area contributed by atoms with E-state index in [0.717, 1.165) is 25.7 Å². The van der Waals surface area contributed by atoms with E-state index in [-0.39, 0.29) is 42.4 Å². The lowest BCUT2D eigenvalue weighted by Crippen LogP contribution is -2.57. The third kappa shape index (κ3) is 3.46. The quantitative estimate of drug-likeness (QED) is 0.412. The fourth-order valence-corrected chi connectivity index (χ4v) is 6.89. The van der Waals surface area contributed by atoms with Crippen molar-refractivity contribution in [1.29, 1.82) is 0 Å². The second-order valence-corrected chi connectivity index (χ2v) is 10.0. The van der Waals surface area contributed by atoms with Gasteiger partial charge in [0.05, 0.1) is 24.5 Å². The number of aliphatic hydroxyl groups excluding tert-OH is 1. The molecule has 30 heavy (non-hydrogen) atoms. The van der Waals surface area contributed by atoms with E-state index in [9.17, 15) is 19.5 Å². The number of likely N-dealkylation sites (tertiary alicyclic amines) is 1. The van der Waals surface area contributed by atoms with Crippen LogP contribution in [0.3, 0.4) is 0 Å². The summed E-state index contributed by atoms with van der Waals surface area (Å²) in [5.41, 5.74) is -1.04. The number of nitrogens with one attached hydrogen (secondary N) is 1. The first-order valence-corrected chi connectivity index (χ1v) is 12.1. The van der Waals surface area contributed by atoms with Gasteiger partial charge >= 0.3 is 5.97 Å². The van der Waals surface area contributed by atoms with Gasteiger partial charge in [0.15, 0.2) is 0 Å². The maximum atomic E-state index is 13.5. The highest BCUT2D eigenvalue weighted by Gasteiger charge is 2.76. The number of amides is 2. The van der Waals surface area contributed by atoms with Crippen LogP contribution < -0.4 is 5.32 Å². The Hall–Kier alpha value is -1.19. The van der Waals surface area contributed by atoms with Crippen molar-refractivity contribution in [1.82, 2.24) is 10.2 Å². The van der Waals surface area contributed by atoms with Crippen molar-refractivity contribution in [3.05, 3.63) is 0 Å². The zero-order chi connectivity index (χ0) is 21.5. The Morgan fingerprint density at radius 3 is 2.73 bits per heavy atom. The number of fused-ring (bicyclic) bond motifs is 1. The minimum Gasteiger partial charge on any atom is -0.466 e. The lowest BCUT2D eigenvalue weighted by molar-refractivity contribution is -0.154. The van der Waals surface area contributed by atoms with Crippen molar-refractivity contribution >= 4 is 33.7 Å². The third-order valence-corrected chi connectivity index (χ3v) is 7.95. The number of carbonyl (C=O) groups excluding carboxylic acids is 3. The molecule has 2 amide bonds. The van der Waals surface area contributed by atoms with Crippen LogP contribution in [0.2, 0.25) is 0 Å². The van der Waals surface area contributed by atoms with Crippen molar-refractivity contribution < 1.29 is 29.0 Å². The molecule has 4 aliphatic rings. The Morgan fingerprint density at radius 2 is 2.07 bits per heavy atom. The number of nitrogens with zero attached hydrogens (tertiary/aromatic N) is 1. The summed E-state index contributed by atoms with van der Waals surface area (Å²) in [7, 11) is 0. The molecule has 0 aromatic rings. The number of esters is 1. The molecular weight excluding hydrogens is 456 g/mol. The van der Waals surface area contributed by atoms with Crippen LogP contribution >= 0.6 is 15.9 Å². The molecule has 4 fully saturated rings. The van der Waals surface area contributed by atoms with Crippen LogP contribution in [0, 0.1) is 11.8 Å². The summed E-state index contributed by atoms with van der Waals surface area (Å²) in [4.78, 5) is 41.1. The monoisotopic (exact) mass is 486 g/mol. The molecule has 1 aliphatic carbocycles. The zero-order valence-corrected chi connectivity index (χ0v) is 18.9. The number of halogens is 1. The van der Waals surface area contributed by atoms with E-state index in [1.807, 2.05) is 0 Å². The Morgan fingerprint density at radius 1 is 1.33 bits per heavy atom. The largest absolute Gasteiger partial charge is 0.466 e. The minimum atomic E-state index is -1.04. The maximum absolute atomic E-state index is 13.5. The first-order chi connectivity index (χ1) is 14.4. The van der Waals surface area contributed by atoms with Crippen LogP contribution in [-0.2, 0) is 23.9 Å². The molecule has 6 atom stereocenters. The molecule has 0 radical (unpaired) electrons. The Labute approximate surface area is 185 Å². The zero-order valence-electron chi connectivity index (χ0n) is 17.3. The van der Waals surface area contributed by atoms with Gasteiger partial charge in [0.2, 0.25) is 11.8 Å². The van der Waals surface area contributed by atoms with Crippen molar-refractivity contribution in [2.75, 3.05) is 19.8 Å². The average Bonchev–Trinajstić information content (AvgIpc) is 3.31. The minimum absolute atomic E-state index is 0.0791. The summed E-state index contributed by atoms with van der Waals surface area (Å²) >= 11 is 3.62. The van der Waals surface area contributed by atoms with E-state index in [1.54, 1.807) is 6.92 Å². The molecule has 0 aromatic heterocycles. The van der Waals surface area contributed by atoms with Crippen LogP contribution in [0.1, 0.15) is 51.9 Å². The van der Waals surface area contributed by atoms with Gasteiger partial charge in [-0.1, -0.05) is 35.2 Å². The van der Waals surface area contributed by atoms with Gasteiger partial charge in [-0.15, -0.1) is 0 Å². The molecule has 9 heteroatoms. The van der Waals surface area contributed by atoms with Crippen molar-refractivity contribution in [2.24, 2.45) is 11.8 Å². The molecule has 1 spiro atoms. The first-order valence-electron chi connectivity index (χ1n) is 11.1. The van der Waals surface area contributed by atoms with Crippen LogP contribution in [-0.4, -0.2) is 76.2 Å². The number of carbonyl (C=O) groups is 3. The summed E-state index contributed by atoms with van der Waals surface area (Å²) in [5, 5.41) is 12.5. The van der Waals surface area contributed by atoms with E-state index in [4.69, 9.17) is 9.47 Å². The number of hydrogen-bond acceptors (Lipinski definition) is 6. The molecule has 0 aromatic carbocycles. The van der Waals surface area contributed by atoms with Crippen molar-refractivity contribution in [3.63, 3.8) is 0 Å². The fraction of sp³-hybridized carbons (Fsp3) is 0.857. The van der Waals surface area contributed by atoms with Gasteiger partial charge in [-0.25, -0.2) is 0 Å². The molecule has 2 bridgehead atoms.